The lowest BCUT2D eigenvalue weighted by Gasteiger charge is -2.29. The first-order chi connectivity index (χ1) is 12.4. The Hall–Kier alpha value is -2.74. The van der Waals surface area contributed by atoms with Gasteiger partial charge in [0.2, 0.25) is 11.8 Å². The number of hydrogen-bond acceptors (Lipinski definition) is 5. The molecule has 0 aliphatic carbocycles. The third kappa shape index (κ3) is 3.60. The van der Waals surface area contributed by atoms with Gasteiger partial charge >= 0.3 is 5.97 Å². The number of benzene rings is 1. The van der Waals surface area contributed by atoms with Crippen LogP contribution in [0, 0.1) is 6.92 Å². The van der Waals surface area contributed by atoms with Crippen LogP contribution in [0.5, 0.6) is 0 Å². The summed E-state index contributed by atoms with van der Waals surface area (Å²) >= 11 is 1.05. The van der Waals surface area contributed by atoms with E-state index in [1.165, 1.54) is 4.90 Å². The molecule has 0 fully saturated rings. The van der Waals surface area contributed by atoms with Gasteiger partial charge in [-0.2, -0.15) is 0 Å². The van der Waals surface area contributed by atoms with Gasteiger partial charge in [0.1, 0.15) is 16.4 Å². The number of carboxylic acids is 1. The molecule has 1 unspecified atom stereocenters. The van der Waals surface area contributed by atoms with Crippen LogP contribution in [0.1, 0.15) is 45.3 Å². The van der Waals surface area contributed by atoms with Crippen molar-refractivity contribution in [3.05, 3.63) is 45.4 Å². The summed E-state index contributed by atoms with van der Waals surface area (Å²) in [4.78, 5) is 41.7. The van der Waals surface area contributed by atoms with Gasteiger partial charge in [-0.3, -0.25) is 9.59 Å². The van der Waals surface area contributed by atoms with E-state index in [1.54, 1.807) is 13.8 Å². The number of fused-ring (bicyclic) bond motifs is 1. The predicted octanol–water partition coefficient (Wildman–Crippen LogP) is 2.31. The van der Waals surface area contributed by atoms with Crippen molar-refractivity contribution < 1.29 is 19.5 Å². The molecule has 1 aliphatic heterocycles. The first-order valence-corrected chi connectivity index (χ1v) is 9.06. The number of hydrogen-bond donors (Lipinski definition) is 2. The molecule has 0 spiro atoms. The Labute approximate surface area is 154 Å². The zero-order valence-corrected chi connectivity index (χ0v) is 15.3. The van der Waals surface area contributed by atoms with Crippen molar-refractivity contribution in [1.82, 2.24) is 10.3 Å². The van der Waals surface area contributed by atoms with Crippen LogP contribution in [0.2, 0.25) is 0 Å². The lowest BCUT2D eigenvalue weighted by molar-refractivity contribution is -0.124. The summed E-state index contributed by atoms with van der Waals surface area (Å²) in [5.74, 6) is -1.42. The van der Waals surface area contributed by atoms with E-state index < -0.39 is 12.0 Å². The van der Waals surface area contributed by atoms with Gasteiger partial charge in [0.15, 0.2) is 0 Å². The molecular weight excluding hydrogens is 354 g/mol. The molecule has 136 valence electrons. The van der Waals surface area contributed by atoms with E-state index >= 15 is 0 Å². The van der Waals surface area contributed by atoms with E-state index in [0.29, 0.717) is 23.5 Å². The fourth-order valence-electron chi connectivity index (χ4n) is 2.96. The fourth-order valence-corrected chi connectivity index (χ4v) is 3.87. The van der Waals surface area contributed by atoms with Crippen molar-refractivity contribution in [1.29, 1.82) is 0 Å². The number of para-hydroxylation sites is 1. The van der Waals surface area contributed by atoms with Crippen LogP contribution < -0.4 is 10.2 Å². The maximum absolute atomic E-state index is 12.4. The molecule has 0 saturated heterocycles. The number of carbonyl (C=O) groups is 3. The zero-order chi connectivity index (χ0) is 18.8. The Morgan fingerprint density at radius 3 is 2.77 bits per heavy atom. The Bertz CT molecular complexity index is 877. The molecule has 2 N–H and O–H groups in total. The molecule has 2 amide bonds. The summed E-state index contributed by atoms with van der Waals surface area (Å²) in [5, 5.41) is 12.4. The number of amides is 2. The number of aryl methyl sites for hydroxylation is 2. The number of rotatable bonds is 5. The maximum atomic E-state index is 12.4. The molecule has 0 saturated carbocycles. The van der Waals surface area contributed by atoms with Crippen LogP contribution in [-0.2, 0) is 16.0 Å². The van der Waals surface area contributed by atoms with E-state index in [4.69, 9.17) is 5.11 Å². The number of aromatic carboxylic acids is 1. The van der Waals surface area contributed by atoms with Crippen molar-refractivity contribution in [2.24, 2.45) is 0 Å². The molecule has 7 nitrogen and oxygen atoms in total. The second kappa shape index (κ2) is 7.25. The van der Waals surface area contributed by atoms with Crippen LogP contribution in [-0.4, -0.2) is 34.4 Å². The lowest BCUT2D eigenvalue weighted by atomic mass is 10.0. The summed E-state index contributed by atoms with van der Waals surface area (Å²) < 4.78 is 0. The van der Waals surface area contributed by atoms with Crippen molar-refractivity contribution in [3.63, 3.8) is 0 Å². The summed E-state index contributed by atoms with van der Waals surface area (Å²) in [6, 6.07) is 7.12. The minimum absolute atomic E-state index is 0.0731. The molecule has 1 atom stereocenters. The maximum Gasteiger partial charge on any atom is 0.347 e. The average Bonchev–Trinajstić information content (AvgIpc) is 3.00. The van der Waals surface area contributed by atoms with Crippen LogP contribution in [0.3, 0.4) is 0 Å². The predicted molar refractivity (Wildman–Crippen MR) is 97.5 cm³/mol. The van der Waals surface area contributed by atoms with Crippen LogP contribution in [0.15, 0.2) is 24.3 Å². The molecule has 0 radical (unpaired) electrons. The van der Waals surface area contributed by atoms with E-state index in [0.717, 1.165) is 22.6 Å². The minimum Gasteiger partial charge on any atom is -0.477 e. The first kappa shape index (κ1) is 18.1. The Morgan fingerprint density at radius 1 is 1.35 bits per heavy atom. The van der Waals surface area contributed by atoms with Gasteiger partial charge in [0.05, 0.1) is 11.7 Å². The molecule has 2 heterocycles. The Balaban J connectivity index is 1.70. The number of carbonyl (C=O) groups excluding carboxylic acids is 2. The second-order valence-corrected chi connectivity index (χ2v) is 7.20. The third-order valence-electron chi connectivity index (χ3n) is 4.25. The third-order valence-corrected chi connectivity index (χ3v) is 5.58. The van der Waals surface area contributed by atoms with Gasteiger partial charge in [-0.1, -0.05) is 18.2 Å². The van der Waals surface area contributed by atoms with E-state index in [1.807, 2.05) is 24.3 Å². The number of nitrogens with zero attached hydrogens (tertiary/aromatic N) is 2. The highest BCUT2D eigenvalue weighted by atomic mass is 32.1. The Kier molecular flexibility index (Phi) is 5.03. The largest absolute Gasteiger partial charge is 0.477 e. The van der Waals surface area contributed by atoms with Gasteiger partial charge in [-0.05, 0) is 31.9 Å². The summed E-state index contributed by atoms with van der Waals surface area (Å²) in [5.41, 5.74) is 2.25. The SMILES string of the molecule is Cc1nc(C(C)NC(=O)CN2C(=O)CCc3ccccc32)sc1C(=O)O. The fraction of sp³-hybridized carbons (Fsp3) is 0.333. The standard InChI is InChI=1S/C18H19N3O4S/c1-10-16(18(24)25)26-17(20-10)11(2)19-14(22)9-21-13-6-4-3-5-12(13)7-8-15(21)23/h3-6,11H,7-9H2,1-2H3,(H,19,22)(H,24,25). The topological polar surface area (TPSA) is 99.6 Å². The zero-order valence-electron chi connectivity index (χ0n) is 14.5. The van der Waals surface area contributed by atoms with Crippen LogP contribution >= 0.6 is 11.3 Å². The van der Waals surface area contributed by atoms with Gasteiger partial charge in [-0.15, -0.1) is 11.3 Å². The number of carboxylic acid groups (broad SMARTS) is 1. The van der Waals surface area contributed by atoms with Crippen molar-refractivity contribution in [3.8, 4) is 0 Å². The highest BCUT2D eigenvalue weighted by molar-refractivity contribution is 7.13. The smallest absolute Gasteiger partial charge is 0.347 e. The lowest BCUT2D eigenvalue weighted by Crippen LogP contribution is -2.43. The van der Waals surface area contributed by atoms with Gasteiger partial charge < -0.3 is 15.3 Å². The van der Waals surface area contributed by atoms with E-state index in [2.05, 4.69) is 10.3 Å². The second-order valence-electron chi connectivity index (χ2n) is 6.17. The van der Waals surface area contributed by atoms with Crippen molar-refractivity contribution in [2.45, 2.75) is 32.7 Å². The molecule has 1 aromatic carbocycles. The number of anilines is 1. The molecular formula is C18H19N3O4S. The van der Waals surface area contributed by atoms with Crippen LogP contribution in [0.4, 0.5) is 5.69 Å². The van der Waals surface area contributed by atoms with Crippen molar-refractivity contribution in [2.75, 3.05) is 11.4 Å². The number of thiazole rings is 1. The first-order valence-electron chi connectivity index (χ1n) is 8.25. The normalized spacial score (nSPS) is 14.7. The summed E-state index contributed by atoms with van der Waals surface area (Å²) in [6.45, 7) is 3.30. The van der Waals surface area contributed by atoms with Gasteiger partial charge in [0, 0.05) is 12.1 Å². The molecule has 2 aromatic rings. The van der Waals surface area contributed by atoms with Gasteiger partial charge in [-0.25, -0.2) is 9.78 Å². The number of aromatic nitrogens is 1. The highest BCUT2D eigenvalue weighted by Crippen LogP contribution is 2.27. The van der Waals surface area contributed by atoms with Gasteiger partial charge in [0.25, 0.3) is 0 Å². The Morgan fingerprint density at radius 2 is 2.08 bits per heavy atom. The van der Waals surface area contributed by atoms with E-state index in [9.17, 15) is 14.4 Å². The average molecular weight is 373 g/mol. The molecule has 0 bridgehead atoms. The molecule has 3 rings (SSSR count). The van der Waals surface area contributed by atoms with E-state index in [-0.39, 0.29) is 23.2 Å². The highest BCUT2D eigenvalue weighted by Gasteiger charge is 2.26. The van der Waals surface area contributed by atoms with Crippen LogP contribution in [0.25, 0.3) is 0 Å². The minimum atomic E-state index is -1.03. The van der Waals surface area contributed by atoms with Crippen molar-refractivity contribution >= 4 is 34.8 Å². The quantitative estimate of drug-likeness (QED) is 0.838. The summed E-state index contributed by atoms with van der Waals surface area (Å²) in [6.07, 6.45) is 1.06. The molecule has 8 heteroatoms. The summed E-state index contributed by atoms with van der Waals surface area (Å²) in [7, 11) is 0. The monoisotopic (exact) mass is 373 g/mol. The molecule has 1 aliphatic rings. The molecule has 26 heavy (non-hydrogen) atoms. The number of nitrogens with one attached hydrogen (secondary N) is 1. The molecule has 1 aromatic heterocycles.